The van der Waals surface area contributed by atoms with Crippen LogP contribution in [0.15, 0.2) is 40.8 Å². The molecule has 2 aromatic rings. The van der Waals surface area contributed by atoms with Gasteiger partial charge in [0.15, 0.2) is 11.6 Å². The maximum atomic E-state index is 17.2. The summed E-state index contributed by atoms with van der Waals surface area (Å²) in [5.74, 6) is -10.3. The van der Waals surface area contributed by atoms with Gasteiger partial charge >= 0.3 is 5.97 Å². The number of alkyl halides is 1. The Morgan fingerprint density at radius 1 is 0.865 bits per heavy atom. The predicted molar refractivity (Wildman–Crippen MR) is 194 cm³/mol. The number of benzene rings is 3. The Balaban J connectivity index is 1.55. The van der Waals surface area contributed by atoms with Crippen LogP contribution in [0.4, 0.5) is 18.9 Å². The van der Waals surface area contributed by atoms with Crippen molar-refractivity contribution in [2.24, 2.45) is 0 Å². The van der Waals surface area contributed by atoms with E-state index in [4.69, 9.17) is 47.4 Å². The number of hydrogen-bond acceptors (Lipinski definition) is 6. The van der Waals surface area contributed by atoms with Crippen molar-refractivity contribution in [3.05, 3.63) is 70.3 Å². The molecule has 0 bridgehead atoms. The SMILES string of the molecule is [2H]C1([2H])N(c2ccc3c(-c4c(F)c(C(=O)NCCOCCOCCCCCCCl)c(F)c(F)c4C(=O)O)c4ccc(=[N+]5C([2H])([2H])C([2H])([2H])C([2H])([2H])C5([2H])[2H])cc-4oc3c2)C([2H])([2H])C([2H])([2H])C1([2H])[2H]. The lowest BCUT2D eigenvalue weighted by Gasteiger charge is -2.21. The number of carboxylic acids is 1. The topological polar surface area (TPSA) is 104 Å². The molecule has 52 heavy (non-hydrogen) atoms. The number of carbonyl (C=O) groups is 2. The van der Waals surface area contributed by atoms with Gasteiger partial charge in [0.1, 0.15) is 46.8 Å². The molecule has 2 N–H and O–H groups in total. The first kappa shape index (κ1) is 22.2. The van der Waals surface area contributed by atoms with Crippen molar-refractivity contribution in [1.29, 1.82) is 0 Å². The Hall–Kier alpha value is -4.13. The minimum absolute atomic E-state index is 0.0647. The summed E-state index contributed by atoms with van der Waals surface area (Å²) >= 11 is 5.66. The molecule has 0 radical (unpaired) electrons. The molecule has 278 valence electrons. The fraction of sp³-hybridized carbons (Fsp3) is 0.462. The van der Waals surface area contributed by atoms with E-state index in [0.29, 0.717) is 12.5 Å². The number of aromatic carboxylic acids is 1. The predicted octanol–water partition coefficient (Wildman–Crippen LogP) is 7.05. The average Bonchev–Trinajstić information content (AvgIpc) is 3.35. The lowest BCUT2D eigenvalue weighted by Crippen LogP contribution is -2.30. The van der Waals surface area contributed by atoms with Crippen molar-refractivity contribution in [3.63, 3.8) is 0 Å². The number of fused-ring (bicyclic) bond motifs is 2. The van der Waals surface area contributed by atoms with E-state index < -0.39 is 143 Å². The molecule has 1 amide bonds. The van der Waals surface area contributed by atoms with Gasteiger partial charge in [-0.15, -0.1) is 11.6 Å². The molecule has 13 heteroatoms. The highest BCUT2D eigenvalue weighted by molar-refractivity contribution is 6.17. The number of anilines is 1. The second-order valence-corrected chi connectivity index (χ2v) is 11.8. The van der Waals surface area contributed by atoms with E-state index in [1.807, 2.05) is 0 Å². The summed E-state index contributed by atoms with van der Waals surface area (Å²) in [4.78, 5) is 26.4. The first-order valence-electron chi connectivity index (χ1n) is 24.2. The summed E-state index contributed by atoms with van der Waals surface area (Å²) in [6.45, 7) is -13.8. The van der Waals surface area contributed by atoms with Crippen LogP contribution in [0, 0.1) is 17.5 Å². The Morgan fingerprint density at radius 2 is 1.58 bits per heavy atom. The quantitative estimate of drug-likeness (QED) is 0.0415. The van der Waals surface area contributed by atoms with Gasteiger partial charge in [0.25, 0.3) is 5.91 Å². The van der Waals surface area contributed by atoms with E-state index in [1.165, 1.54) is 0 Å². The smallest absolute Gasteiger partial charge is 0.339 e. The third kappa shape index (κ3) is 8.24. The van der Waals surface area contributed by atoms with Gasteiger partial charge in [0, 0.05) is 101 Å². The van der Waals surface area contributed by atoms with E-state index in [9.17, 15) is 14.7 Å². The number of carboxylic acid groups (broad SMARTS) is 1. The summed E-state index contributed by atoms with van der Waals surface area (Å²) in [6.07, 6.45) is -10.7. The molecular formula is C39H44ClF3N3O6+. The van der Waals surface area contributed by atoms with Crippen LogP contribution < -0.4 is 20.1 Å². The molecule has 2 fully saturated rings. The maximum Gasteiger partial charge on any atom is 0.339 e. The van der Waals surface area contributed by atoms with Crippen LogP contribution >= 0.6 is 11.6 Å². The van der Waals surface area contributed by atoms with Crippen molar-refractivity contribution in [3.8, 4) is 22.5 Å². The van der Waals surface area contributed by atoms with Crippen molar-refractivity contribution in [1.82, 2.24) is 9.89 Å². The molecule has 2 aromatic carbocycles. The number of halogens is 4. The lowest BCUT2D eigenvalue weighted by atomic mass is 9.88. The van der Waals surface area contributed by atoms with Gasteiger partial charge in [-0.2, -0.15) is 0 Å². The van der Waals surface area contributed by atoms with Crippen LogP contribution in [-0.4, -0.2) is 81.8 Å². The number of hydrogen-bond donors (Lipinski definition) is 2. The standard InChI is InChI=1S/C39H43ClF3N3O6/c40-13-3-1-2-8-19-50-21-22-51-20-14-44-38(47)34-35(41)32(33(39(48)49)36(42)37(34)43)31-27-11-9-25(45-15-4-5-16-45)23-29(27)52-30-24-26(10-12-28(30)31)46-17-6-7-18-46/h9-12,23-24H,1-8,13-22H2,(H-,44,47,48,49)/p+1/i4D2,5D2,6D2,7D2,15D2,16D2,17D2,18D2. The van der Waals surface area contributed by atoms with Crippen molar-refractivity contribution < 1.29 is 63.7 Å². The molecule has 0 atom stereocenters. The number of nitrogens with zero attached hydrogens (tertiary/aromatic N) is 2. The number of carbonyl (C=O) groups excluding carboxylic acids is 1. The monoisotopic (exact) mass is 758 g/mol. The van der Waals surface area contributed by atoms with E-state index in [-0.39, 0.29) is 29.3 Å². The van der Waals surface area contributed by atoms with Crippen LogP contribution in [0.5, 0.6) is 0 Å². The van der Waals surface area contributed by atoms with Gasteiger partial charge in [-0.1, -0.05) is 12.8 Å². The second-order valence-electron chi connectivity index (χ2n) is 11.4. The Kier molecular flexibility index (Phi) is 7.50. The second kappa shape index (κ2) is 17.6. The van der Waals surface area contributed by atoms with E-state index in [1.54, 1.807) is 0 Å². The third-order valence-electron chi connectivity index (χ3n) is 8.09. The normalized spacial score (nSPS) is 26.9. The van der Waals surface area contributed by atoms with Crippen molar-refractivity contribution in [2.75, 3.05) is 69.7 Å². The van der Waals surface area contributed by atoms with E-state index in [0.717, 1.165) is 62.1 Å². The molecule has 3 aliphatic heterocycles. The van der Waals surface area contributed by atoms with Gasteiger partial charge in [0.05, 0.1) is 25.9 Å². The highest BCUT2D eigenvalue weighted by Crippen LogP contribution is 2.45. The van der Waals surface area contributed by atoms with Crippen molar-refractivity contribution in [2.45, 2.75) is 51.2 Å². The molecule has 2 saturated heterocycles. The average molecular weight is 759 g/mol. The number of nitrogens with one attached hydrogen (secondary N) is 1. The van der Waals surface area contributed by atoms with Crippen LogP contribution in [0.25, 0.3) is 33.4 Å². The minimum Gasteiger partial charge on any atom is -0.478 e. The molecule has 9 nitrogen and oxygen atoms in total. The molecule has 6 rings (SSSR count). The van der Waals surface area contributed by atoms with E-state index in [2.05, 4.69) is 5.32 Å². The molecule has 0 aromatic heterocycles. The van der Waals surface area contributed by atoms with E-state index >= 15 is 13.2 Å². The van der Waals surface area contributed by atoms with Crippen LogP contribution in [0.1, 0.15) is 93.8 Å². The summed E-state index contributed by atoms with van der Waals surface area (Å²) < 4.78 is 200. The van der Waals surface area contributed by atoms with Gasteiger partial charge in [-0.25, -0.2) is 22.5 Å². The summed E-state index contributed by atoms with van der Waals surface area (Å²) in [7, 11) is 0. The fourth-order valence-corrected chi connectivity index (χ4v) is 5.85. The number of amides is 1. The number of unbranched alkanes of at least 4 members (excludes halogenated alkanes) is 3. The van der Waals surface area contributed by atoms with Crippen LogP contribution in [0.2, 0.25) is 0 Å². The zero-order valence-corrected chi connectivity index (χ0v) is 28.2. The number of ether oxygens (including phenoxy) is 2. The molecule has 3 heterocycles. The molecule has 0 spiro atoms. The Bertz CT molecular complexity index is 2640. The van der Waals surface area contributed by atoms with Gasteiger partial charge in [0.2, 0.25) is 5.36 Å². The zero-order chi connectivity index (χ0) is 51.0. The molecule has 0 saturated carbocycles. The largest absolute Gasteiger partial charge is 0.478 e. The molecule has 1 aliphatic carbocycles. The lowest BCUT2D eigenvalue weighted by molar-refractivity contribution is 0.0468. The third-order valence-corrected chi connectivity index (χ3v) is 8.36. The van der Waals surface area contributed by atoms with Crippen LogP contribution in [-0.2, 0) is 9.47 Å². The Morgan fingerprint density at radius 3 is 2.31 bits per heavy atom. The van der Waals surface area contributed by atoms with Crippen molar-refractivity contribution >= 4 is 40.1 Å². The van der Waals surface area contributed by atoms with Gasteiger partial charge in [-0.3, -0.25) is 4.79 Å². The molecule has 4 aliphatic rings. The van der Waals surface area contributed by atoms with Gasteiger partial charge in [-0.05, 0) is 43.8 Å². The highest BCUT2D eigenvalue weighted by atomic mass is 35.5. The summed E-state index contributed by atoms with van der Waals surface area (Å²) in [5, 5.41) is 11.4. The van der Waals surface area contributed by atoms with Gasteiger partial charge < -0.3 is 29.2 Å². The zero-order valence-electron chi connectivity index (χ0n) is 43.4. The highest BCUT2D eigenvalue weighted by Gasteiger charge is 2.35. The Labute approximate surface area is 327 Å². The molecular weight excluding hydrogens is 699 g/mol. The van der Waals surface area contributed by atoms with Crippen LogP contribution in [0.3, 0.4) is 0 Å². The maximum absolute atomic E-state index is 17.2. The first-order valence-corrected chi connectivity index (χ1v) is 16.7. The fourth-order valence-electron chi connectivity index (χ4n) is 5.66. The molecule has 0 unspecified atom stereocenters. The first-order chi connectivity index (χ1) is 31.3. The number of rotatable bonds is 16. The summed E-state index contributed by atoms with van der Waals surface area (Å²) in [6, 6.07) is 5.16. The summed E-state index contributed by atoms with van der Waals surface area (Å²) in [5.41, 5.74) is -7.07. The minimum atomic E-state index is -3.55.